The van der Waals surface area contributed by atoms with Crippen LogP contribution in [0, 0.1) is 10.1 Å². The molecule has 1 aromatic carbocycles. The Morgan fingerprint density at radius 1 is 1.53 bits per heavy atom. The van der Waals surface area contributed by atoms with Crippen molar-refractivity contribution in [1.29, 1.82) is 0 Å². The molecule has 0 aliphatic heterocycles. The van der Waals surface area contributed by atoms with E-state index >= 15 is 0 Å². The van der Waals surface area contributed by atoms with Gasteiger partial charge in [-0.25, -0.2) is 8.78 Å². The lowest BCUT2D eigenvalue weighted by atomic mass is 10.2. The van der Waals surface area contributed by atoms with E-state index in [1.165, 1.54) is 0 Å². The van der Waals surface area contributed by atoms with Gasteiger partial charge in [-0.2, -0.15) is 0 Å². The number of ether oxygens (including phenoxy) is 1. The highest BCUT2D eigenvalue weighted by atomic mass is 79.9. The van der Waals surface area contributed by atoms with Gasteiger partial charge >= 0.3 is 5.69 Å². The summed E-state index contributed by atoms with van der Waals surface area (Å²) in [6.07, 6.45) is -2.80. The molecule has 0 saturated heterocycles. The maximum atomic E-state index is 12.5. The molecule has 0 saturated carbocycles. The topological polar surface area (TPSA) is 52.4 Å². The third-order valence-corrected chi connectivity index (χ3v) is 2.69. The summed E-state index contributed by atoms with van der Waals surface area (Å²) in [4.78, 5) is 9.93. The summed E-state index contributed by atoms with van der Waals surface area (Å²) in [6, 6.07) is 1.94. The van der Waals surface area contributed by atoms with E-state index in [1.54, 1.807) is 0 Å². The summed E-state index contributed by atoms with van der Waals surface area (Å²) in [5, 5.41) is 10.7. The second kappa shape index (κ2) is 6.11. The first kappa shape index (κ1) is 14.1. The van der Waals surface area contributed by atoms with Crippen molar-refractivity contribution in [3.05, 3.63) is 32.3 Å². The molecule has 4 nitrogen and oxygen atoms in total. The molecule has 0 aliphatic carbocycles. The van der Waals surface area contributed by atoms with Crippen molar-refractivity contribution >= 4 is 33.2 Å². The average Bonchev–Trinajstić information content (AvgIpc) is 2.25. The van der Waals surface area contributed by atoms with Crippen molar-refractivity contribution in [3.8, 4) is 5.75 Å². The fourth-order valence-electron chi connectivity index (χ4n) is 1.13. The van der Waals surface area contributed by atoms with Crippen LogP contribution in [0.4, 0.5) is 14.5 Å². The second-order valence-electron chi connectivity index (χ2n) is 2.94. The van der Waals surface area contributed by atoms with Crippen molar-refractivity contribution < 1.29 is 18.4 Å². The SMILES string of the molecule is O=[N+]([O-])c1cc(C(F)F)c(Br)cc1OCCCl. The van der Waals surface area contributed by atoms with E-state index in [2.05, 4.69) is 15.9 Å². The van der Waals surface area contributed by atoms with E-state index in [0.29, 0.717) is 0 Å². The van der Waals surface area contributed by atoms with Crippen LogP contribution in [0.3, 0.4) is 0 Å². The number of nitro benzene ring substituents is 1. The predicted octanol–water partition coefficient (Wildman–Crippen LogP) is 3.91. The lowest BCUT2D eigenvalue weighted by Crippen LogP contribution is -2.02. The number of hydrogen-bond acceptors (Lipinski definition) is 3. The van der Waals surface area contributed by atoms with Gasteiger partial charge in [0.05, 0.1) is 10.8 Å². The monoisotopic (exact) mass is 329 g/mol. The summed E-state index contributed by atoms with van der Waals surface area (Å²) in [5.74, 6) is 0.0534. The van der Waals surface area contributed by atoms with Gasteiger partial charge in [0.15, 0.2) is 5.75 Å². The van der Waals surface area contributed by atoms with Crippen molar-refractivity contribution in [3.63, 3.8) is 0 Å². The van der Waals surface area contributed by atoms with Crippen LogP contribution in [0.15, 0.2) is 16.6 Å². The van der Waals surface area contributed by atoms with Crippen molar-refractivity contribution in [1.82, 2.24) is 0 Å². The van der Waals surface area contributed by atoms with Gasteiger partial charge in [-0.05, 0) is 0 Å². The number of rotatable bonds is 5. The lowest BCUT2D eigenvalue weighted by Gasteiger charge is -2.08. The Hall–Kier alpha value is -0.950. The maximum Gasteiger partial charge on any atom is 0.311 e. The molecule has 0 fully saturated rings. The van der Waals surface area contributed by atoms with Crippen LogP contribution in [-0.4, -0.2) is 17.4 Å². The third kappa shape index (κ3) is 3.50. The molecule has 0 spiro atoms. The summed E-state index contributed by atoms with van der Waals surface area (Å²) < 4.78 is 30.2. The van der Waals surface area contributed by atoms with E-state index in [0.717, 1.165) is 12.1 Å². The minimum absolute atomic E-state index is 0.0580. The van der Waals surface area contributed by atoms with Crippen LogP contribution in [0.2, 0.25) is 0 Å². The second-order valence-corrected chi connectivity index (χ2v) is 4.17. The first-order valence-corrected chi connectivity index (χ1v) is 5.75. The van der Waals surface area contributed by atoms with Crippen LogP contribution in [-0.2, 0) is 0 Å². The van der Waals surface area contributed by atoms with Gasteiger partial charge in [-0.1, -0.05) is 15.9 Å². The molecule has 0 bridgehead atoms. The van der Waals surface area contributed by atoms with E-state index < -0.39 is 22.6 Å². The minimum atomic E-state index is -2.80. The van der Waals surface area contributed by atoms with Crippen LogP contribution < -0.4 is 4.74 Å². The van der Waals surface area contributed by atoms with Gasteiger partial charge in [0, 0.05) is 22.2 Å². The zero-order valence-electron chi connectivity index (χ0n) is 8.33. The van der Waals surface area contributed by atoms with Gasteiger partial charge in [0.2, 0.25) is 0 Å². The molecular weight excluding hydrogens is 323 g/mol. The largest absolute Gasteiger partial charge is 0.486 e. The fraction of sp³-hybridized carbons (Fsp3) is 0.333. The summed E-state index contributed by atoms with van der Waals surface area (Å²) in [6.45, 7) is 0.0584. The molecule has 1 aromatic rings. The minimum Gasteiger partial charge on any atom is -0.486 e. The Morgan fingerprint density at radius 2 is 2.18 bits per heavy atom. The predicted molar refractivity (Wildman–Crippen MR) is 62.0 cm³/mol. The van der Waals surface area contributed by atoms with Gasteiger partial charge in [-0.15, -0.1) is 11.6 Å². The number of benzene rings is 1. The molecule has 94 valence electrons. The number of nitrogens with zero attached hydrogens (tertiary/aromatic N) is 1. The fourth-order valence-corrected chi connectivity index (χ4v) is 1.71. The molecule has 0 unspecified atom stereocenters. The van der Waals surface area contributed by atoms with Gasteiger partial charge < -0.3 is 4.74 Å². The first-order chi connectivity index (χ1) is 7.97. The molecule has 0 aliphatic rings. The molecular formula is C9H7BrClF2NO3. The Morgan fingerprint density at radius 3 is 2.65 bits per heavy atom. The van der Waals surface area contributed by atoms with E-state index in [9.17, 15) is 18.9 Å². The maximum absolute atomic E-state index is 12.5. The number of nitro groups is 1. The zero-order chi connectivity index (χ0) is 13.0. The van der Waals surface area contributed by atoms with E-state index in [1.807, 2.05) is 0 Å². The standard InChI is InChI=1S/C9H7BrClF2NO3/c10-6-4-8(17-2-1-11)7(14(15)16)3-5(6)9(12)13/h3-4,9H,1-2H2. The highest BCUT2D eigenvalue weighted by molar-refractivity contribution is 9.10. The molecule has 17 heavy (non-hydrogen) atoms. The van der Waals surface area contributed by atoms with Gasteiger partial charge in [-0.3, -0.25) is 10.1 Å². The molecule has 1 rings (SSSR count). The van der Waals surface area contributed by atoms with E-state index in [4.69, 9.17) is 16.3 Å². The molecule has 0 heterocycles. The Labute approximate surface area is 109 Å². The van der Waals surface area contributed by atoms with Crippen LogP contribution in [0.25, 0.3) is 0 Å². The van der Waals surface area contributed by atoms with Gasteiger partial charge in [0.25, 0.3) is 6.43 Å². The molecule has 8 heteroatoms. The normalized spacial score (nSPS) is 10.6. The van der Waals surface area contributed by atoms with E-state index in [-0.39, 0.29) is 22.7 Å². The summed E-state index contributed by atoms with van der Waals surface area (Å²) in [5.41, 5.74) is -0.955. The zero-order valence-corrected chi connectivity index (χ0v) is 10.7. The van der Waals surface area contributed by atoms with Gasteiger partial charge in [0.1, 0.15) is 6.61 Å². The van der Waals surface area contributed by atoms with Crippen molar-refractivity contribution in [2.45, 2.75) is 6.43 Å². The van der Waals surface area contributed by atoms with Crippen LogP contribution in [0.1, 0.15) is 12.0 Å². The van der Waals surface area contributed by atoms with Crippen molar-refractivity contribution in [2.24, 2.45) is 0 Å². The third-order valence-electron chi connectivity index (χ3n) is 1.84. The average molecular weight is 331 g/mol. The quantitative estimate of drug-likeness (QED) is 0.467. The highest BCUT2D eigenvalue weighted by Crippen LogP contribution is 2.37. The Balaban J connectivity index is 3.21. The Bertz CT molecular complexity index is 431. The number of hydrogen-bond donors (Lipinski definition) is 0. The van der Waals surface area contributed by atoms with Crippen LogP contribution in [0.5, 0.6) is 5.75 Å². The van der Waals surface area contributed by atoms with Crippen LogP contribution >= 0.6 is 27.5 Å². The molecule has 0 amide bonds. The lowest BCUT2D eigenvalue weighted by molar-refractivity contribution is -0.386. The number of halogens is 4. The smallest absolute Gasteiger partial charge is 0.311 e. The summed E-state index contributed by atoms with van der Waals surface area (Å²) >= 11 is 8.29. The molecule has 0 N–H and O–H groups in total. The van der Waals surface area contributed by atoms with Crippen molar-refractivity contribution in [2.75, 3.05) is 12.5 Å². The highest BCUT2D eigenvalue weighted by Gasteiger charge is 2.22. The summed E-state index contributed by atoms with van der Waals surface area (Å²) in [7, 11) is 0. The Kier molecular flexibility index (Phi) is 5.07. The number of alkyl halides is 3. The molecule has 0 radical (unpaired) electrons. The molecule has 0 atom stereocenters. The molecule has 0 aromatic heterocycles. The first-order valence-electron chi connectivity index (χ1n) is 4.42.